The molecule has 6 N–H and O–H groups in total. The van der Waals surface area contributed by atoms with E-state index in [0.717, 1.165) is 35.2 Å². The molecule has 1 saturated carbocycles. The van der Waals surface area contributed by atoms with Crippen LogP contribution in [0.3, 0.4) is 0 Å². The van der Waals surface area contributed by atoms with Crippen LogP contribution in [0.25, 0.3) is 22.4 Å². The van der Waals surface area contributed by atoms with Crippen LogP contribution in [0.2, 0.25) is 0 Å². The summed E-state index contributed by atoms with van der Waals surface area (Å²) in [5.74, 6) is 5.92. The molecule has 2 heterocycles. The number of hydrazine groups is 1. The SMILES string of the molecule is Cc1ncc(NC(=O)/C(N)=C/N(N)C(C)C)cc1-c1cccc(-c2cc(NC(=O)C3CC3)ncn2)c1. The van der Waals surface area contributed by atoms with E-state index in [2.05, 4.69) is 25.6 Å². The van der Waals surface area contributed by atoms with Crippen molar-refractivity contribution in [1.82, 2.24) is 20.0 Å². The average molecular weight is 487 g/mol. The summed E-state index contributed by atoms with van der Waals surface area (Å²) in [7, 11) is 0. The number of hydrogen-bond acceptors (Lipinski definition) is 8. The zero-order valence-electron chi connectivity index (χ0n) is 20.5. The van der Waals surface area contributed by atoms with Crippen LogP contribution in [-0.2, 0) is 9.59 Å². The van der Waals surface area contributed by atoms with Crippen LogP contribution < -0.4 is 22.2 Å². The molecule has 10 nitrogen and oxygen atoms in total. The van der Waals surface area contributed by atoms with E-state index in [1.165, 1.54) is 17.5 Å². The molecule has 0 saturated heterocycles. The van der Waals surface area contributed by atoms with Crippen molar-refractivity contribution in [3.63, 3.8) is 0 Å². The Morgan fingerprint density at radius 2 is 1.83 bits per heavy atom. The number of carbonyl (C=O) groups is 2. The predicted octanol–water partition coefficient (Wildman–Crippen LogP) is 3.19. The molecule has 1 aliphatic carbocycles. The Balaban J connectivity index is 1.56. The Hall–Kier alpha value is -4.31. The second-order valence-corrected chi connectivity index (χ2v) is 9.07. The van der Waals surface area contributed by atoms with Crippen molar-refractivity contribution in [2.45, 2.75) is 39.7 Å². The number of aromatic nitrogens is 3. The van der Waals surface area contributed by atoms with E-state index in [4.69, 9.17) is 11.6 Å². The van der Waals surface area contributed by atoms with E-state index in [9.17, 15) is 9.59 Å². The fourth-order valence-electron chi connectivity index (χ4n) is 3.47. The van der Waals surface area contributed by atoms with E-state index >= 15 is 0 Å². The minimum absolute atomic E-state index is 0.00305. The number of nitrogens with two attached hydrogens (primary N) is 2. The molecule has 0 spiro atoms. The van der Waals surface area contributed by atoms with Crippen LogP contribution in [-0.4, -0.2) is 37.8 Å². The highest BCUT2D eigenvalue weighted by molar-refractivity contribution is 6.03. The minimum Gasteiger partial charge on any atom is -0.393 e. The third-order valence-corrected chi connectivity index (χ3v) is 5.83. The minimum atomic E-state index is -0.474. The number of amides is 2. The lowest BCUT2D eigenvalue weighted by Gasteiger charge is -2.19. The number of carbonyl (C=O) groups excluding carboxylic acids is 2. The number of anilines is 2. The van der Waals surface area contributed by atoms with E-state index in [0.29, 0.717) is 17.2 Å². The number of hydrogen-bond donors (Lipinski definition) is 4. The average Bonchev–Trinajstić information content (AvgIpc) is 3.71. The molecule has 186 valence electrons. The van der Waals surface area contributed by atoms with E-state index in [-0.39, 0.29) is 23.6 Å². The van der Waals surface area contributed by atoms with Gasteiger partial charge in [-0.1, -0.05) is 18.2 Å². The fraction of sp³-hybridized carbons (Fsp3) is 0.269. The van der Waals surface area contributed by atoms with Gasteiger partial charge in [-0.15, -0.1) is 0 Å². The summed E-state index contributed by atoms with van der Waals surface area (Å²) >= 11 is 0. The summed E-state index contributed by atoms with van der Waals surface area (Å²) < 4.78 is 0. The Bertz CT molecular complexity index is 1320. The Kier molecular flexibility index (Phi) is 7.25. The number of pyridine rings is 1. The Labute approximate surface area is 209 Å². The lowest BCUT2D eigenvalue weighted by molar-refractivity contribution is -0.117. The van der Waals surface area contributed by atoms with Gasteiger partial charge in [-0.2, -0.15) is 0 Å². The fourth-order valence-corrected chi connectivity index (χ4v) is 3.47. The molecule has 36 heavy (non-hydrogen) atoms. The smallest absolute Gasteiger partial charge is 0.273 e. The normalized spacial score (nSPS) is 13.4. The molecule has 0 radical (unpaired) electrons. The molecule has 0 atom stereocenters. The molecule has 1 aromatic carbocycles. The van der Waals surface area contributed by atoms with Gasteiger partial charge in [0.1, 0.15) is 17.8 Å². The number of rotatable bonds is 8. The lowest BCUT2D eigenvalue weighted by Crippen LogP contribution is -2.34. The topological polar surface area (TPSA) is 152 Å². The first-order valence-electron chi connectivity index (χ1n) is 11.7. The molecular weight excluding hydrogens is 456 g/mol. The van der Waals surface area contributed by atoms with E-state index < -0.39 is 5.91 Å². The zero-order valence-corrected chi connectivity index (χ0v) is 20.5. The second kappa shape index (κ2) is 10.5. The predicted molar refractivity (Wildman–Crippen MR) is 139 cm³/mol. The molecule has 1 aliphatic rings. The van der Waals surface area contributed by atoms with Gasteiger partial charge < -0.3 is 21.4 Å². The highest BCUT2D eigenvalue weighted by Gasteiger charge is 2.29. The first-order chi connectivity index (χ1) is 17.2. The summed E-state index contributed by atoms with van der Waals surface area (Å²) in [6.07, 6.45) is 6.26. The summed E-state index contributed by atoms with van der Waals surface area (Å²) in [4.78, 5) is 37.6. The van der Waals surface area contributed by atoms with Gasteiger partial charge >= 0.3 is 0 Å². The van der Waals surface area contributed by atoms with Crippen LogP contribution in [0, 0.1) is 12.8 Å². The van der Waals surface area contributed by atoms with Crippen LogP contribution >= 0.6 is 0 Å². The van der Waals surface area contributed by atoms with Gasteiger partial charge in [-0.3, -0.25) is 14.6 Å². The van der Waals surface area contributed by atoms with Crippen molar-refractivity contribution in [3.05, 3.63) is 66.5 Å². The molecule has 0 bridgehead atoms. The first-order valence-corrected chi connectivity index (χ1v) is 11.7. The quantitative estimate of drug-likeness (QED) is 0.215. The summed E-state index contributed by atoms with van der Waals surface area (Å²) in [6.45, 7) is 5.67. The number of nitrogens with one attached hydrogen (secondary N) is 2. The van der Waals surface area contributed by atoms with Gasteiger partial charge in [-0.05, 0) is 51.3 Å². The van der Waals surface area contributed by atoms with Crippen molar-refractivity contribution in [2.24, 2.45) is 17.5 Å². The van der Waals surface area contributed by atoms with Crippen LogP contribution in [0.1, 0.15) is 32.4 Å². The third-order valence-electron chi connectivity index (χ3n) is 5.83. The number of nitrogens with zero attached hydrogens (tertiary/aromatic N) is 4. The molecule has 2 aromatic heterocycles. The van der Waals surface area contributed by atoms with Gasteiger partial charge in [-0.25, -0.2) is 15.8 Å². The first kappa shape index (κ1) is 24.8. The van der Waals surface area contributed by atoms with Crippen molar-refractivity contribution >= 4 is 23.3 Å². The number of benzene rings is 1. The standard InChI is InChI=1S/C26H30N8O2/c1-15(2)34(28)13-22(27)26(36)32-20-10-21(16(3)29-12-20)18-5-4-6-19(9-18)23-11-24(31-14-30-23)33-25(35)17-7-8-17/h4-6,9-15,17H,7-8,27-28H2,1-3H3,(H,32,36)(H,30,31,33,35)/b22-13-. The van der Waals surface area contributed by atoms with E-state index in [1.54, 1.807) is 12.3 Å². The molecular formula is C26H30N8O2. The van der Waals surface area contributed by atoms with Crippen molar-refractivity contribution in [3.8, 4) is 22.4 Å². The molecule has 0 unspecified atom stereocenters. The largest absolute Gasteiger partial charge is 0.393 e. The summed E-state index contributed by atoms with van der Waals surface area (Å²) in [6, 6.07) is 11.4. The third kappa shape index (κ3) is 6.02. The second-order valence-electron chi connectivity index (χ2n) is 9.07. The van der Waals surface area contributed by atoms with Gasteiger partial charge in [0.2, 0.25) is 5.91 Å². The molecule has 0 aliphatic heterocycles. The van der Waals surface area contributed by atoms with E-state index in [1.807, 2.05) is 51.1 Å². The maximum Gasteiger partial charge on any atom is 0.273 e. The highest BCUT2D eigenvalue weighted by Crippen LogP contribution is 2.31. The highest BCUT2D eigenvalue weighted by atomic mass is 16.2. The number of aryl methyl sites for hydroxylation is 1. The van der Waals surface area contributed by atoms with Gasteiger partial charge in [0, 0.05) is 41.0 Å². The molecule has 1 fully saturated rings. The van der Waals surface area contributed by atoms with Crippen molar-refractivity contribution in [1.29, 1.82) is 0 Å². The Morgan fingerprint density at radius 3 is 2.56 bits per heavy atom. The van der Waals surface area contributed by atoms with Crippen LogP contribution in [0.15, 0.2) is 60.8 Å². The monoisotopic (exact) mass is 486 g/mol. The maximum atomic E-state index is 12.5. The maximum absolute atomic E-state index is 12.5. The molecule has 2 amide bonds. The summed E-state index contributed by atoms with van der Waals surface area (Å²) in [5, 5.41) is 7.00. The molecule has 10 heteroatoms. The van der Waals surface area contributed by atoms with Crippen molar-refractivity contribution in [2.75, 3.05) is 10.6 Å². The van der Waals surface area contributed by atoms with Crippen LogP contribution in [0.5, 0.6) is 0 Å². The zero-order chi connectivity index (χ0) is 25.8. The van der Waals surface area contributed by atoms with Crippen LogP contribution in [0.4, 0.5) is 11.5 Å². The van der Waals surface area contributed by atoms with Gasteiger partial charge in [0.15, 0.2) is 0 Å². The van der Waals surface area contributed by atoms with Gasteiger partial charge in [0.05, 0.1) is 17.6 Å². The van der Waals surface area contributed by atoms with Crippen molar-refractivity contribution < 1.29 is 9.59 Å². The van der Waals surface area contributed by atoms with Gasteiger partial charge in [0.25, 0.3) is 5.91 Å². The lowest BCUT2D eigenvalue weighted by atomic mass is 10.00. The molecule has 3 aromatic rings. The molecule has 4 rings (SSSR count). The summed E-state index contributed by atoms with van der Waals surface area (Å²) in [5.41, 5.74) is 10.5. The Morgan fingerprint density at radius 1 is 1.08 bits per heavy atom.